The van der Waals surface area contributed by atoms with Gasteiger partial charge in [-0.1, -0.05) is 12.1 Å². The number of hydrogen-bond acceptors (Lipinski definition) is 3. The van der Waals surface area contributed by atoms with E-state index in [1.807, 2.05) is 7.05 Å². The second-order valence-electron chi connectivity index (χ2n) is 5.46. The number of carbonyl (C=O) groups is 1. The van der Waals surface area contributed by atoms with E-state index < -0.39 is 0 Å². The van der Waals surface area contributed by atoms with E-state index in [1.165, 1.54) is 11.3 Å². The lowest BCUT2D eigenvalue weighted by molar-refractivity contribution is -0.117. The van der Waals surface area contributed by atoms with Crippen LogP contribution in [0.3, 0.4) is 0 Å². The first-order valence-corrected chi connectivity index (χ1v) is 6.64. The van der Waals surface area contributed by atoms with Crippen LogP contribution in [0.25, 0.3) is 0 Å². The van der Waals surface area contributed by atoms with Crippen LogP contribution in [-0.2, 0) is 4.79 Å². The zero-order valence-corrected chi connectivity index (χ0v) is 10.5. The fourth-order valence-electron chi connectivity index (χ4n) is 3.71. The minimum atomic E-state index is 0.207. The monoisotopic (exact) mass is 243 g/mol. The maximum atomic E-state index is 12.1. The number of carbonyl (C=O) groups excluding carboxylic acids is 1. The topological polar surface area (TPSA) is 35.6 Å². The van der Waals surface area contributed by atoms with E-state index in [0.29, 0.717) is 18.5 Å². The second-order valence-corrected chi connectivity index (χ2v) is 5.46. The van der Waals surface area contributed by atoms with Crippen LogP contribution in [0, 0.1) is 0 Å². The second kappa shape index (κ2) is 3.48. The number of benzene rings is 1. The minimum Gasteiger partial charge on any atom is -0.357 e. The molecule has 1 saturated heterocycles. The first kappa shape index (κ1) is 10.4. The molecule has 0 spiro atoms. The highest BCUT2D eigenvalue weighted by Gasteiger charge is 2.44. The normalized spacial score (nSPS) is 29.3. The molecule has 0 bridgehead atoms. The molecule has 3 heterocycles. The van der Waals surface area contributed by atoms with Crippen molar-refractivity contribution in [2.24, 2.45) is 0 Å². The number of amides is 1. The van der Waals surface area contributed by atoms with Crippen LogP contribution in [0.1, 0.15) is 17.9 Å². The van der Waals surface area contributed by atoms with Gasteiger partial charge in [0.2, 0.25) is 5.91 Å². The van der Waals surface area contributed by atoms with Crippen molar-refractivity contribution in [3.8, 4) is 0 Å². The van der Waals surface area contributed by atoms with Gasteiger partial charge in [-0.05, 0) is 24.6 Å². The fourth-order valence-corrected chi connectivity index (χ4v) is 3.71. The highest BCUT2D eigenvalue weighted by molar-refractivity contribution is 6.04. The summed E-state index contributed by atoms with van der Waals surface area (Å²) in [5, 5.41) is 3.48. The van der Waals surface area contributed by atoms with E-state index in [2.05, 4.69) is 28.4 Å². The average Bonchev–Trinajstić information content (AvgIpc) is 2.72. The molecule has 94 valence electrons. The number of anilines is 2. The molecule has 0 radical (unpaired) electrons. The van der Waals surface area contributed by atoms with Crippen LogP contribution < -0.4 is 15.1 Å². The Morgan fingerprint density at radius 3 is 3.17 bits per heavy atom. The molecule has 0 aromatic heterocycles. The SMILES string of the molecule is CN1C(=O)CN2c3c(cccc31)C1CNCCC12. The summed E-state index contributed by atoms with van der Waals surface area (Å²) in [6, 6.07) is 6.89. The van der Waals surface area contributed by atoms with Gasteiger partial charge in [0.1, 0.15) is 0 Å². The van der Waals surface area contributed by atoms with Crippen molar-refractivity contribution in [3.63, 3.8) is 0 Å². The first-order chi connectivity index (χ1) is 8.77. The Hall–Kier alpha value is -1.55. The van der Waals surface area contributed by atoms with E-state index in [9.17, 15) is 4.79 Å². The summed E-state index contributed by atoms with van der Waals surface area (Å²) in [7, 11) is 1.88. The maximum absolute atomic E-state index is 12.1. The molecular formula is C14H17N3O. The number of hydrogen-bond donors (Lipinski definition) is 1. The Kier molecular flexibility index (Phi) is 2.01. The van der Waals surface area contributed by atoms with Crippen LogP contribution in [0.2, 0.25) is 0 Å². The van der Waals surface area contributed by atoms with Crippen molar-refractivity contribution in [3.05, 3.63) is 23.8 Å². The van der Waals surface area contributed by atoms with E-state index in [1.54, 1.807) is 4.90 Å². The molecule has 4 nitrogen and oxygen atoms in total. The van der Waals surface area contributed by atoms with Gasteiger partial charge in [0.15, 0.2) is 0 Å². The predicted molar refractivity (Wildman–Crippen MR) is 71.2 cm³/mol. The third-order valence-corrected chi connectivity index (χ3v) is 4.62. The summed E-state index contributed by atoms with van der Waals surface area (Å²) >= 11 is 0. The molecule has 1 N–H and O–H groups in total. The number of rotatable bonds is 0. The quantitative estimate of drug-likeness (QED) is 0.736. The molecule has 0 saturated carbocycles. The largest absolute Gasteiger partial charge is 0.357 e. The summed E-state index contributed by atoms with van der Waals surface area (Å²) in [6.45, 7) is 2.64. The van der Waals surface area contributed by atoms with Gasteiger partial charge in [0.05, 0.1) is 17.9 Å². The van der Waals surface area contributed by atoms with Crippen molar-refractivity contribution < 1.29 is 4.79 Å². The van der Waals surface area contributed by atoms with Crippen molar-refractivity contribution in [2.75, 3.05) is 36.5 Å². The van der Waals surface area contributed by atoms with Crippen molar-refractivity contribution in [2.45, 2.75) is 18.4 Å². The van der Waals surface area contributed by atoms with Crippen LogP contribution in [0.5, 0.6) is 0 Å². The summed E-state index contributed by atoms with van der Waals surface area (Å²) in [4.78, 5) is 16.2. The molecule has 3 aliphatic heterocycles. The van der Waals surface area contributed by atoms with Gasteiger partial charge in [0, 0.05) is 25.6 Å². The lowest BCUT2D eigenvalue weighted by Crippen LogP contribution is -2.50. The van der Waals surface area contributed by atoms with Crippen molar-refractivity contribution in [1.82, 2.24) is 5.32 Å². The average molecular weight is 243 g/mol. The minimum absolute atomic E-state index is 0.207. The molecule has 1 fully saturated rings. The summed E-state index contributed by atoms with van der Waals surface area (Å²) in [5.41, 5.74) is 3.81. The Morgan fingerprint density at radius 2 is 2.28 bits per heavy atom. The lowest BCUT2D eigenvalue weighted by Gasteiger charge is -2.38. The molecule has 0 aliphatic carbocycles. The standard InChI is InChI=1S/C14H17N3O/c1-16-12-4-2-3-9-10-7-15-6-5-11(10)17(14(9)12)8-13(16)18/h2-4,10-11,15H,5-8H2,1H3. The van der Waals surface area contributed by atoms with Crippen LogP contribution in [-0.4, -0.2) is 38.6 Å². The molecule has 2 unspecified atom stereocenters. The molecule has 4 rings (SSSR count). The highest BCUT2D eigenvalue weighted by atomic mass is 16.2. The summed E-state index contributed by atoms with van der Waals surface area (Å²) in [6.07, 6.45) is 1.13. The van der Waals surface area contributed by atoms with Gasteiger partial charge in [-0.25, -0.2) is 0 Å². The van der Waals surface area contributed by atoms with Gasteiger partial charge < -0.3 is 15.1 Å². The number of nitrogens with one attached hydrogen (secondary N) is 1. The van der Waals surface area contributed by atoms with Crippen LogP contribution in [0.15, 0.2) is 18.2 Å². The molecule has 1 amide bonds. The predicted octanol–water partition coefficient (Wildman–Crippen LogP) is 0.928. The molecule has 3 aliphatic rings. The Bertz CT molecular complexity index is 528. The summed E-state index contributed by atoms with van der Waals surface area (Å²) in [5.74, 6) is 0.756. The fraction of sp³-hybridized carbons (Fsp3) is 0.500. The van der Waals surface area contributed by atoms with Gasteiger partial charge in [0.25, 0.3) is 0 Å². The molecular weight excluding hydrogens is 226 g/mol. The smallest absolute Gasteiger partial charge is 0.246 e. The Labute approximate surface area is 107 Å². The zero-order valence-electron chi connectivity index (χ0n) is 10.5. The molecule has 1 aromatic rings. The Morgan fingerprint density at radius 1 is 1.39 bits per heavy atom. The maximum Gasteiger partial charge on any atom is 0.246 e. The number of fused-ring (bicyclic) bond motifs is 3. The van der Waals surface area contributed by atoms with Gasteiger partial charge in [-0.3, -0.25) is 4.79 Å². The number of piperidine rings is 1. The first-order valence-electron chi connectivity index (χ1n) is 6.64. The van der Waals surface area contributed by atoms with Crippen molar-refractivity contribution >= 4 is 17.3 Å². The van der Waals surface area contributed by atoms with E-state index in [4.69, 9.17) is 0 Å². The highest BCUT2D eigenvalue weighted by Crippen LogP contribution is 2.49. The molecule has 4 heteroatoms. The van der Waals surface area contributed by atoms with E-state index >= 15 is 0 Å². The lowest BCUT2D eigenvalue weighted by atomic mass is 9.90. The van der Waals surface area contributed by atoms with Crippen LogP contribution >= 0.6 is 0 Å². The molecule has 2 atom stereocenters. The number of likely N-dealkylation sites (N-methyl/N-ethyl adjacent to an activating group) is 1. The van der Waals surface area contributed by atoms with E-state index in [0.717, 1.165) is 25.2 Å². The van der Waals surface area contributed by atoms with Gasteiger partial charge in [-0.15, -0.1) is 0 Å². The zero-order chi connectivity index (χ0) is 12.3. The molecule has 1 aromatic carbocycles. The number of nitrogens with zero attached hydrogens (tertiary/aromatic N) is 2. The Balaban J connectivity index is 1.91. The van der Waals surface area contributed by atoms with E-state index in [-0.39, 0.29) is 5.91 Å². The third kappa shape index (κ3) is 1.16. The van der Waals surface area contributed by atoms with Gasteiger partial charge >= 0.3 is 0 Å². The number of para-hydroxylation sites is 1. The summed E-state index contributed by atoms with van der Waals surface area (Å²) < 4.78 is 0. The molecule has 18 heavy (non-hydrogen) atoms. The van der Waals surface area contributed by atoms with Crippen LogP contribution in [0.4, 0.5) is 11.4 Å². The third-order valence-electron chi connectivity index (χ3n) is 4.62. The van der Waals surface area contributed by atoms with Crippen molar-refractivity contribution in [1.29, 1.82) is 0 Å². The van der Waals surface area contributed by atoms with Gasteiger partial charge in [-0.2, -0.15) is 0 Å².